The number of rotatable bonds is 4. The summed E-state index contributed by atoms with van der Waals surface area (Å²) in [5.41, 5.74) is 0.667. The molecule has 1 aromatic carbocycles. The molecule has 0 saturated carbocycles. The van der Waals surface area contributed by atoms with E-state index in [0.29, 0.717) is 6.61 Å². The number of fused-ring (bicyclic) bond motifs is 4. The number of ether oxygens (including phenoxy) is 2. The Hall–Kier alpha value is -1.04. The summed E-state index contributed by atoms with van der Waals surface area (Å²) >= 11 is 11.6. The Morgan fingerprint density at radius 2 is 2.38 bits per heavy atom. The first-order valence-corrected chi connectivity index (χ1v) is 7.88. The van der Waals surface area contributed by atoms with Crippen molar-refractivity contribution in [1.82, 2.24) is 10.2 Å². The number of methoxy groups -OCH3 is 1. The number of hydrogen-bond donors (Lipinski definition) is 1. The molecule has 1 saturated heterocycles. The van der Waals surface area contributed by atoms with Crippen LogP contribution in [0, 0.1) is 0 Å². The Labute approximate surface area is 135 Å². The maximum atomic E-state index is 6.26. The quantitative estimate of drug-likeness (QED) is 0.679. The fourth-order valence-corrected chi connectivity index (χ4v) is 3.70. The summed E-state index contributed by atoms with van der Waals surface area (Å²) in [5, 5.41) is 4.86. The van der Waals surface area contributed by atoms with Gasteiger partial charge in [-0.15, -0.1) is 0 Å². The molecular weight excluding hydrogens is 308 g/mol. The van der Waals surface area contributed by atoms with E-state index in [-0.39, 0.29) is 6.04 Å². The summed E-state index contributed by atoms with van der Waals surface area (Å²) < 4.78 is 11.4. The molecule has 2 aliphatic heterocycles. The van der Waals surface area contributed by atoms with Crippen molar-refractivity contribution in [3.63, 3.8) is 0 Å². The summed E-state index contributed by atoms with van der Waals surface area (Å²) in [7, 11) is 1.71. The van der Waals surface area contributed by atoms with Crippen LogP contribution in [0.3, 0.4) is 0 Å². The minimum Gasteiger partial charge on any atom is -0.468 e. The minimum absolute atomic E-state index is 0.156. The summed E-state index contributed by atoms with van der Waals surface area (Å²) in [6, 6.07) is 5.91. The standard InChI is InChI=1S/C15H19ClN2O2S/c1-15-9-12(11-8-10(16)4-5-13(11)20-15)17-14(21)18(15)6-3-7-19-2/h4-5,8,12H,3,6-7,9H2,1-2H3,(H,17,21)/t12-,15+/m0/s1. The summed E-state index contributed by atoms with van der Waals surface area (Å²) in [6.45, 7) is 3.62. The maximum Gasteiger partial charge on any atom is 0.184 e. The van der Waals surface area contributed by atoms with Crippen LogP contribution in [0.15, 0.2) is 18.2 Å². The Kier molecular flexibility index (Phi) is 3.99. The van der Waals surface area contributed by atoms with E-state index >= 15 is 0 Å². The third-order valence-corrected chi connectivity index (χ3v) is 4.68. The van der Waals surface area contributed by atoms with E-state index in [4.69, 9.17) is 33.3 Å². The normalized spacial score (nSPS) is 26.9. The van der Waals surface area contributed by atoms with Gasteiger partial charge in [-0.2, -0.15) is 0 Å². The molecule has 0 amide bonds. The Morgan fingerprint density at radius 1 is 1.57 bits per heavy atom. The summed E-state index contributed by atoms with van der Waals surface area (Å²) in [6.07, 6.45) is 1.75. The first kappa shape index (κ1) is 14.9. The van der Waals surface area contributed by atoms with Crippen molar-refractivity contribution in [2.75, 3.05) is 20.3 Å². The summed E-state index contributed by atoms with van der Waals surface area (Å²) in [5.74, 6) is 0.880. The van der Waals surface area contributed by atoms with E-state index in [2.05, 4.69) is 17.1 Å². The van der Waals surface area contributed by atoms with Crippen molar-refractivity contribution in [1.29, 1.82) is 0 Å². The average Bonchev–Trinajstić information content (AvgIpc) is 2.43. The highest BCUT2D eigenvalue weighted by Crippen LogP contribution is 2.44. The number of benzene rings is 1. The number of nitrogens with zero attached hydrogens (tertiary/aromatic N) is 1. The molecule has 2 atom stereocenters. The molecule has 1 aromatic rings. The maximum absolute atomic E-state index is 6.26. The highest BCUT2D eigenvalue weighted by Gasteiger charge is 2.47. The van der Waals surface area contributed by atoms with E-state index in [1.165, 1.54) is 0 Å². The fraction of sp³-hybridized carbons (Fsp3) is 0.533. The van der Waals surface area contributed by atoms with Crippen LogP contribution in [0.25, 0.3) is 0 Å². The van der Waals surface area contributed by atoms with Crippen molar-refractivity contribution in [3.05, 3.63) is 28.8 Å². The highest BCUT2D eigenvalue weighted by molar-refractivity contribution is 7.80. The number of thiocarbonyl (C=S) groups is 1. The largest absolute Gasteiger partial charge is 0.468 e. The van der Waals surface area contributed by atoms with E-state index in [9.17, 15) is 0 Å². The van der Waals surface area contributed by atoms with E-state index in [1.807, 2.05) is 18.2 Å². The summed E-state index contributed by atoms with van der Waals surface area (Å²) in [4.78, 5) is 2.12. The van der Waals surface area contributed by atoms with Gasteiger partial charge in [0, 0.05) is 37.3 Å². The lowest BCUT2D eigenvalue weighted by Crippen LogP contribution is -2.64. The minimum atomic E-state index is -0.415. The van der Waals surface area contributed by atoms with Gasteiger partial charge in [-0.25, -0.2) is 0 Å². The van der Waals surface area contributed by atoms with Gasteiger partial charge >= 0.3 is 0 Å². The van der Waals surface area contributed by atoms with Crippen LogP contribution in [-0.2, 0) is 4.74 Å². The Bertz CT molecular complexity index is 569. The number of nitrogens with one attached hydrogen (secondary N) is 1. The zero-order chi connectivity index (χ0) is 15.0. The van der Waals surface area contributed by atoms with Crippen LogP contribution < -0.4 is 10.1 Å². The molecular formula is C15H19ClN2O2S. The zero-order valence-electron chi connectivity index (χ0n) is 12.2. The molecule has 6 heteroatoms. The van der Waals surface area contributed by atoms with Crippen molar-refractivity contribution >= 4 is 28.9 Å². The van der Waals surface area contributed by atoms with Gasteiger partial charge in [0.15, 0.2) is 10.8 Å². The molecule has 4 nitrogen and oxygen atoms in total. The Morgan fingerprint density at radius 3 is 3.14 bits per heavy atom. The fourth-order valence-electron chi connectivity index (χ4n) is 3.09. The van der Waals surface area contributed by atoms with Gasteiger partial charge in [0.05, 0.1) is 6.04 Å². The van der Waals surface area contributed by atoms with Crippen LogP contribution in [0.2, 0.25) is 5.02 Å². The third kappa shape index (κ3) is 2.70. The van der Waals surface area contributed by atoms with Gasteiger partial charge < -0.3 is 19.7 Å². The van der Waals surface area contributed by atoms with Gasteiger partial charge in [-0.1, -0.05) is 11.6 Å². The molecule has 2 aliphatic rings. The van der Waals surface area contributed by atoms with Crippen LogP contribution in [0.1, 0.15) is 31.4 Å². The van der Waals surface area contributed by atoms with Crippen molar-refractivity contribution in [2.45, 2.75) is 31.5 Å². The first-order valence-electron chi connectivity index (χ1n) is 7.09. The second-order valence-electron chi connectivity index (χ2n) is 5.66. The van der Waals surface area contributed by atoms with Gasteiger partial charge in [0.25, 0.3) is 0 Å². The average molecular weight is 327 g/mol. The smallest absolute Gasteiger partial charge is 0.184 e. The van der Waals surface area contributed by atoms with Crippen molar-refractivity contribution in [2.24, 2.45) is 0 Å². The molecule has 0 aliphatic carbocycles. The van der Waals surface area contributed by atoms with E-state index in [1.54, 1.807) is 7.11 Å². The van der Waals surface area contributed by atoms with Crippen LogP contribution >= 0.6 is 23.8 Å². The third-order valence-electron chi connectivity index (χ3n) is 4.10. The van der Waals surface area contributed by atoms with Crippen LogP contribution in [-0.4, -0.2) is 36.0 Å². The van der Waals surface area contributed by atoms with Crippen LogP contribution in [0.4, 0.5) is 0 Å². The lowest BCUT2D eigenvalue weighted by atomic mass is 9.90. The van der Waals surface area contributed by atoms with Crippen molar-refractivity contribution < 1.29 is 9.47 Å². The topological polar surface area (TPSA) is 33.7 Å². The van der Waals surface area contributed by atoms with Gasteiger partial charge in [-0.3, -0.25) is 0 Å². The molecule has 0 radical (unpaired) electrons. The van der Waals surface area contributed by atoms with Gasteiger partial charge in [0.1, 0.15) is 5.75 Å². The SMILES string of the molecule is COCCCN1C(=S)N[C@H]2C[C@@]1(C)Oc1ccc(Cl)cc12. The monoisotopic (exact) mass is 326 g/mol. The molecule has 3 rings (SSSR count). The second kappa shape index (κ2) is 5.63. The molecule has 2 heterocycles. The zero-order valence-corrected chi connectivity index (χ0v) is 13.8. The molecule has 21 heavy (non-hydrogen) atoms. The van der Waals surface area contributed by atoms with E-state index < -0.39 is 5.72 Å². The van der Waals surface area contributed by atoms with Crippen LogP contribution in [0.5, 0.6) is 5.75 Å². The molecule has 114 valence electrons. The molecule has 0 unspecified atom stereocenters. The molecule has 2 bridgehead atoms. The predicted molar refractivity (Wildman–Crippen MR) is 86.8 cm³/mol. The molecule has 0 aromatic heterocycles. The Balaban J connectivity index is 1.88. The van der Waals surface area contributed by atoms with Crippen molar-refractivity contribution in [3.8, 4) is 5.75 Å². The van der Waals surface area contributed by atoms with Gasteiger partial charge in [-0.05, 0) is 43.8 Å². The first-order chi connectivity index (χ1) is 10.0. The van der Waals surface area contributed by atoms with Gasteiger partial charge in [0.2, 0.25) is 0 Å². The van der Waals surface area contributed by atoms with E-state index in [0.717, 1.165) is 40.8 Å². The lowest BCUT2D eigenvalue weighted by molar-refractivity contribution is -0.0698. The molecule has 1 N–H and O–H groups in total. The predicted octanol–water partition coefficient (Wildman–Crippen LogP) is 3.11. The second-order valence-corrected chi connectivity index (χ2v) is 6.49. The lowest BCUT2D eigenvalue weighted by Gasteiger charge is -2.52. The number of hydrogen-bond acceptors (Lipinski definition) is 3. The number of halogens is 1. The highest BCUT2D eigenvalue weighted by atomic mass is 35.5. The molecule has 1 fully saturated rings. The molecule has 0 spiro atoms.